The van der Waals surface area contributed by atoms with Crippen molar-refractivity contribution in [1.82, 2.24) is 14.9 Å². The summed E-state index contributed by atoms with van der Waals surface area (Å²) in [7, 11) is 0. The molecule has 2 aliphatic heterocycles. The zero-order chi connectivity index (χ0) is 17.4. The van der Waals surface area contributed by atoms with Gasteiger partial charge >= 0.3 is 0 Å². The maximum Gasteiger partial charge on any atom is 0.270 e. The minimum Gasteiger partial charge on any atom is -0.396 e. The van der Waals surface area contributed by atoms with Crippen LogP contribution in [0.1, 0.15) is 12.1 Å². The topological polar surface area (TPSA) is 95.5 Å². The average Bonchev–Trinajstić information content (AvgIpc) is 3.17. The summed E-state index contributed by atoms with van der Waals surface area (Å²) in [4.78, 5) is 33.7. The molecule has 0 unspecified atom stereocenters. The first-order valence-corrected chi connectivity index (χ1v) is 8.56. The van der Waals surface area contributed by atoms with E-state index in [4.69, 9.17) is 4.74 Å². The number of para-hydroxylation sites is 2. The SMILES string of the molecule is O=C(CCc1nc2ccccc2[nH]c1=O)N1C[C@H]2COC[C@@]2(CO)C1. The fraction of sp³-hybridized carbons (Fsp3) is 0.500. The molecule has 132 valence electrons. The summed E-state index contributed by atoms with van der Waals surface area (Å²) in [6.45, 7) is 2.27. The lowest BCUT2D eigenvalue weighted by molar-refractivity contribution is -0.131. The Hall–Kier alpha value is -2.25. The lowest BCUT2D eigenvalue weighted by Crippen LogP contribution is -2.36. The lowest BCUT2D eigenvalue weighted by Gasteiger charge is -2.24. The first-order valence-electron chi connectivity index (χ1n) is 8.56. The molecule has 2 saturated heterocycles. The highest BCUT2D eigenvalue weighted by Crippen LogP contribution is 2.40. The van der Waals surface area contributed by atoms with Crippen molar-refractivity contribution < 1.29 is 14.6 Å². The number of aromatic nitrogens is 2. The molecule has 1 aromatic carbocycles. The van der Waals surface area contributed by atoms with E-state index in [2.05, 4.69) is 9.97 Å². The maximum absolute atomic E-state index is 12.5. The molecule has 0 bridgehead atoms. The van der Waals surface area contributed by atoms with E-state index in [9.17, 15) is 14.7 Å². The molecule has 2 aromatic rings. The Morgan fingerprint density at radius 3 is 3.08 bits per heavy atom. The largest absolute Gasteiger partial charge is 0.396 e. The molecule has 0 aliphatic carbocycles. The number of rotatable bonds is 4. The van der Waals surface area contributed by atoms with E-state index in [1.54, 1.807) is 11.0 Å². The van der Waals surface area contributed by atoms with Crippen LogP contribution in [0.2, 0.25) is 0 Å². The minimum absolute atomic E-state index is 0.00316. The van der Waals surface area contributed by atoms with Crippen LogP contribution in [0.5, 0.6) is 0 Å². The van der Waals surface area contributed by atoms with Gasteiger partial charge in [-0.25, -0.2) is 4.98 Å². The van der Waals surface area contributed by atoms with Crippen LogP contribution in [0, 0.1) is 11.3 Å². The molecule has 2 atom stereocenters. The van der Waals surface area contributed by atoms with Gasteiger partial charge in [0.1, 0.15) is 5.69 Å². The molecule has 2 N–H and O–H groups in total. The summed E-state index contributed by atoms with van der Waals surface area (Å²) in [6.07, 6.45) is 0.548. The third-order valence-corrected chi connectivity index (χ3v) is 5.43. The molecule has 2 fully saturated rings. The second-order valence-electron chi connectivity index (χ2n) is 7.04. The Kier molecular flexibility index (Phi) is 4.05. The number of carbonyl (C=O) groups excluding carboxylic acids is 1. The zero-order valence-electron chi connectivity index (χ0n) is 13.9. The number of hydrogen-bond acceptors (Lipinski definition) is 5. The number of amides is 1. The number of aryl methyl sites for hydroxylation is 1. The van der Waals surface area contributed by atoms with Crippen molar-refractivity contribution in [3.63, 3.8) is 0 Å². The van der Waals surface area contributed by atoms with Gasteiger partial charge in [0, 0.05) is 37.3 Å². The van der Waals surface area contributed by atoms with Gasteiger partial charge in [0.2, 0.25) is 5.91 Å². The molecule has 1 aromatic heterocycles. The number of aliphatic hydroxyl groups excluding tert-OH is 1. The van der Waals surface area contributed by atoms with E-state index in [-0.39, 0.29) is 35.8 Å². The number of likely N-dealkylation sites (tertiary alicyclic amines) is 1. The van der Waals surface area contributed by atoms with Crippen LogP contribution in [-0.2, 0) is 16.0 Å². The van der Waals surface area contributed by atoms with Gasteiger partial charge < -0.3 is 19.7 Å². The molecule has 0 saturated carbocycles. The van der Waals surface area contributed by atoms with Crippen LogP contribution in [0.3, 0.4) is 0 Å². The predicted molar refractivity (Wildman–Crippen MR) is 91.1 cm³/mol. The van der Waals surface area contributed by atoms with E-state index in [0.29, 0.717) is 43.9 Å². The molecule has 0 radical (unpaired) electrons. The highest BCUT2D eigenvalue weighted by Gasteiger charge is 2.51. The molecule has 25 heavy (non-hydrogen) atoms. The van der Waals surface area contributed by atoms with Crippen molar-refractivity contribution in [2.75, 3.05) is 32.9 Å². The Morgan fingerprint density at radius 1 is 1.44 bits per heavy atom. The van der Waals surface area contributed by atoms with Gasteiger partial charge in [-0.1, -0.05) is 12.1 Å². The summed E-state index contributed by atoms with van der Waals surface area (Å²) in [5.41, 5.74) is 1.24. The average molecular weight is 343 g/mol. The Bertz CT molecular complexity index is 865. The second kappa shape index (κ2) is 6.24. The molecule has 4 rings (SSSR count). The fourth-order valence-corrected chi connectivity index (χ4v) is 3.87. The van der Waals surface area contributed by atoms with Crippen molar-refractivity contribution in [3.05, 3.63) is 40.3 Å². The fourth-order valence-electron chi connectivity index (χ4n) is 3.87. The monoisotopic (exact) mass is 343 g/mol. The molecule has 0 spiro atoms. The summed E-state index contributed by atoms with van der Waals surface area (Å²) >= 11 is 0. The number of fused-ring (bicyclic) bond motifs is 2. The Labute approximate surface area is 144 Å². The van der Waals surface area contributed by atoms with Crippen LogP contribution in [0.4, 0.5) is 0 Å². The third kappa shape index (κ3) is 2.83. The van der Waals surface area contributed by atoms with Crippen LogP contribution >= 0.6 is 0 Å². The van der Waals surface area contributed by atoms with Gasteiger partial charge in [0.25, 0.3) is 5.56 Å². The van der Waals surface area contributed by atoms with Gasteiger partial charge in [0.05, 0.1) is 30.9 Å². The zero-order valence-corrected chi connectivity index (χ0v) is 13.9. The number of H-pyrrole nitrogens is 1. The van der Waals surface area contributed by atoms with Gasteiger partial charge in [-0.15, -0.1) is 0 Å². The van der Waals surface area contributed by atoms with Crippen molar-refractivity contribution in [2.45, 2.75) is 12.8 Å². The number of aromatic amines is 1. The van der Waals surface area contributed by atoms with E-state index in [0.717, 1.165) is 5.52 Å². The van der Waals surface area contributed by atoms with Gasteiger partial charge in [-0.3, -0.25) is 9.59 Å². The predicted octanol–water partition coefficient (Wildman–Crippen LogP) is 0.323. The Morgan fingerprint density at radius 2 is 2.28 bits per heavy atom. The van der Waals surface area contributed by atoms with Crippen molar-refractivity contribution >= 4 is 16.9 Å². The number of benzene rings is 1. The van der Waals surface area contributed by atoms with Crippen molar-refractivity contribution in [2.24, 2.45) is 11.3 Å². The van der Waals surface area contributed by atoms with Gasteiger partial charge in [-0.05, 0) is 12.1 Å². The first-order chi connectivity index (χ1) is 12.1. The number of nitrogens with zero attached hydrogens (tertiary/aromatic N) is 2. The lowest BCUT2D eigenvalue weighted by atomic mass is 9.82. The summed E-state index contributed by atoms with van der Waals surface area (Å²) in [5.74, 6) is 0.195. The van der Waals surface area contributed by atoms with Crippen LogP contribution in [-0.4, -0.2) is 58.8 Å². The normalized spacial score (nSPS) is 25.5. The molecular formula is C18H21N3O4. The molecular weight excluding hydrogens is 322 g/mol. The summed E-state index contributed by atoms with van der Waals surface area (Å²) in [6, 6.07) is 7.34. The number of nitrogens with one attached hydrogen (secondary N) is 1. The highest BCUT2D eigenvalue weighted by atomic mass is 16.5. The van der Waals surface area contributed by atoms with Crippen molar-refractivity contribution in [1.29, 1.82) is 0 Å². The second-order valence-corrected chi connectivity index (χ2v) is 7.04. The van der Waals surface area contributed by atoms with Crippen LogP contribution < -0.4 is 5.56 Å². The van der Waals surface area contributed by atoms with Crippen LogP contribution in [0.25, 0.3) is 11.0 Å². The molecule has 7 heteroatoms. The molecule has 7 nitrogen and oxygen atoms in total. The summed E-state index contributed by atoms with van der Waals surface area (Å²) in [5, 5.41) is 9.70. The number of ether oxygens (including phenoxy) is 1. The quantitative estimate of drug-likeness (QED) is 0.834. The third-order valence-electron chi connectivity index (χ3n) is 5.43. The van der Waals surface area contributed by atoms with E-state index >= 15 is 0 Å². The van der Waals surface area contributed by atoms with Crippen molar-refractivity contribution in [3.8, 4) is 0 Å². The van der Waals surface area contributed by atoms with E-state index in [1.165, 1.54) is 0 Å². The van der Waals surface area contributed by atoms with E-state index < -0.39 is 0 Å². The van der Waals surface area contributed by atoms with Gasteiger partial charge in [0.15, 0.2) is 0 Å². The maximum atomic E-state index is 12.5. The Balaban J connectivity index is 1.44. The smallest absolute Gasteiger partial charge is 0.270 e. The van der Waals surface area contributed by atoms with E-state index in [1.807, 2.05) is 18.2 Å². The van der Waals surface area contributed by atoms with Gasteiger partial charge in [-0.2, -0.15) is 0 Å². The summed E-state index contributed by atoms with van der Waals surface area (Å²) < 4.78 is 5.47. The minimum atomic E-state index is -0.311. The first kappa shape index (κ1) is 16.2. The molecule has 3 heterocycles. The standard InChI is InChI=1S/C18H21N3O4/c22-10-18-9-21(7-12(18)8-25-11-18)16(23)6-5-15-17(24)20-14-4-2-1-3-13(14)19-15/h1-4,12,22H,5-11H2,(H,20,24)/t12-,18-/m0/s1. The van der Waals surface area contributed by atoms with Crippen LogP contribution in [0.15, 0.2) is 29.1 Å². The number of aliphatic hydroxyl groups is 1. The number of hydrogen-bond donors (Lipinski definition) is 2. The highest BCUT2D eigenvalue weighted by molar-refractivity contribution is 5.77. The molecule has 1 amide bonds. The number of carbonyl (C=O) groups is 1. The molecule has 2 aliphatic rings.